The molecular formula is C36H34N3O2Pt-. The third-order valence-corrected chi connectivity index (χ3v) is 7.45. The molecule has 42 heavy (non-hydrogen) atoms. The number of para-hydroxylation sites is 1. The predicted octanol–water partition coefficient (Wildman–Crippen LogP) is 9.13. The molecule has 0 unspecified atom stereocenters. The van der Waals surface area contributed by atoms with Crippen molar-refractivity contribution in [1.82, 2.24) is 14.5 Å². The maximum Gasteiger partial charge on any atom is 0.217 e. The van der Waals surface area contributed by atoms with E-state index in [1.54, 1.807) is 6.07 Å². The zero-order chi connectivity index (χ0) is 28.9. The minimum atomic E-state index is -0.136. The molecule has 5 nitrogen and oxygen atoms in total. The molecule has 0 fully saturated rings. The molecule has 0 bridgehead atoms. The van der Waals surface area contributed by atoms with E-state index in [0.29, 0.717) is 22.9 Å². The summed E-state index contributed by atoms with van der Waals surface area (Å²) in [6, 6.07) is 31.4. The quantitative estimate of drug-likeness (QED) is 0.184. The molecule has 0 aliphatic rings. The van der Waals surface area contributed by atoms with Crippen molar-refractivity contribution in [1.29, 1.82) is 0 Å². The van der Waals surface area contributed by atoms with Crippen LogP contribution in [0.4, 0.5) is 0 Å². The summed E-state index contributed by atoms with van der Waals surface area (Å²) in [5, 5.41) is 12.9. The number of ether oxygens (including phenoxy) is 1. The maximum absolute atomic E-state index is 10.7. The van der Waals surface area contributed by atoms with Crippen LogP contribution in [0, 0.1) is 6.07 Å². The maximum atomic E-state index is 10.7. The van der Waals surface area contributed by atoms with Crippen molar-refractivity contribution < 1.29 is 30.9 Å². The van der Waals surface area contributed by atoms with Gasteiger partial charge in [0.25, 0.3) is 0 Å². The molecule has 3 aromatic carbocycles. The van der Waals surface area contributed by atoms with Gasteiger partial charge in [-0.15, -0.1) is 23.8 Å². The second-order valence-electron chi connectivity index (χ2n) is 12.5. The Morgan fingerprint density at radius 3 is 2.26 bits per heavy atom. The molecule has 0 aliphatic heterocycles. The molecule has 1 N–H and O–H groups in total. The number of fused-ring (bicyclic) bond motifs is 3. The Hall–Kier alpha value is -3.95. The van der Waals surface area contributed by atoms with Crippen LogP contribution in [-0.4, -0.2) is 19.6 Å². The van der Waals surface area contributed by atoms with Crippen LogP contribution in [-0.2, 0) is 31.9 Å². The summed E-state index contributed by atoms with van der Waals surface area (Å²) in [4.78, 5) is 9.53. The van der Waals surface area contributed by atoms with Gasteiger partial charge in [0.2, 0.25) is 5.88 Å². The van der Waals surface area contributed by atoms with Gasteiger partial charge in [-0.25, -0.2) is 9.97 Å². The zero-order valence-corrected chi connectivity index (χ0v) is 26.9. The Labute approximate surface area is 261 Å². The average Bonchev–Trinajstić information content (AvgIpc) is 3.27. The summed E-state index contributed by atoms with van der Waals surface area (Å²) in [7, 11) is 0. The Bertz CT molecular complexity index is 1860. The van der Waals surface area contributed by atoms with Gasteiger partial charge in [-0.05, 0) is 52.8 Å². The van der Waals surface area contributed by atoms with E-state index in [-0.39, 0.29) is 37.6 Å². The molecule has 3 aromatic heterocycles. The number of aromatic nitrogens is 3. The number of rotatable bonds is 4. The third-order valence-electron chi connectivity index (χ3n) is 7.45. The van der Waals surface area contributed by atoms with Crippen LogP contribution in [0.5, 0.6) is 17.4 Å². The van der Waals surface area contributed by atoms with E-state index in [1.165, 1.54) is 0 Å². The Morgan fingerprint density at radius 2 is 1.50 bits per heavy atom. The first-order valence-electron chi connectivity index (χ1n) is 13.9. The summed E-state index contributed by atoms with van der Waals surface area (Å²) in [6.45, 7) is 13.0. The van der Waals surface area contributed by atoms with Crippen molar-refractivity contribution in [3.05, 3.63) is 108 Å². The predicted molar refractivity (Wildman–Crippen MR) is 166 cm³/mol. The Kier molecular flexibility index (Phi) is 7.76. The van der Waals surface area contributed by atoms with E-state index in [9.17, 15) is 5.11 Å². The zero-order valence-electron chi connectivity index (χ0n) is 24.7. The van der Waals surface area contributed by atoms with Crippen LogP contribution in [0.25, 0.3) is 38.9 Å². The molecule has 6 heteroatoms. The van der Waals surface area contributed by atoms with Crippen LogP contribution < -0.4 is 4.74 Å². The van der Waals surface area contributed by atoms with E-state index in [0.717, 1.165) is 38.8 Å². The van der Waals surface area contributed by atoms with Crippen LogP contribution in [0.1, 0.15) is 52.7 Å². The summed E-state index contributed by atoms with van der Waals surface area (Å²) in [5.74, 6) is 1.17. The van der Waals surface area contributed by atoms with Crippen molar-refractivity contribution >= 4 is 21.9 Å². The number of hydrogen-bond donors (Lipinski definition) is 1. The Balaban J connectivity index is 0.00000353. The van der Waals surface area contributed by atoms with Gasteiger partial charge in [0.05, 0.1) is 11.2 Å². The van der Waals surface area contributed by atoms with Gasteiger partial charge in [0, 0.05) is 55.4 Å². The summed E-state index contributed by atoms with van der Waals surface area (Å²) < 4.78 is 8.54. The molecule has 6 rings (SSSR count). The number of pyridine rings is 2. The fourth-order valence-corrected chi connectivity index (χ4v) is 5.12. The minimum absolute atomic E-state index is 0. The molecule has 6 aromatic rings. The minimum Gasteiger partial charge on any atom is -0.507 e. The summed E-state index contributed by atoms with van der Waals surface area (Å²) in [6.07, 6.45) is 1.82. The van der Waals surface area contributed by atoms with Crippen LogP contribution in [0.15, 0.2) is 91.1 Å². The van der Waals surface area contributed by atoms with E-state index < -0.39 is 0 Å². The largest absolute Gasteiger partial charge is 0.507 e. The molecule has 0 radical (unpaired) electrons. The van der Waals surface area contributed by atoms with Crippen molar-refractivity contribution in [2.24, 2.45) is 0 Å². The van der Waals surface area contributed by atoms with Crippen LogP contribution in [0.2, 0.25) is 0 Å². The SMILES string of the molecule is CC(C)(C)c1cc(Oc2cccc(-c3cc(C(C)(C)C)ccc3O)n2)[c-]c(-n2c3ccccc3c3cccnc32)c1.[Pt]. The molecule has 0 saturated carbocycles. The van der Waals surface area contributed by atoms with Crippen LogP contribution >= 0.6 is 0 Å². The molecule has 0 aliphatic carbocycles. The summed E-state index contributed by atoms with van der Waals surface area (Å²) in [5.41, 5.74) is 6.13. The smallest absolute Gasteiger partial charge is 0.217 e. The van der Waals surface area contributed by atoms with E-state index in [1.807, 2.05) is 54.7 Å². The second-order valence-corrected chi connectivity index (χ2v) is 12.5. The third kappa shape index (κ3) is 5.58. The fourth-order valence-electron chi connectivity index (χ4n) is 5.12. The van der Waals surface area contributed by atoms with Crippen molar-refractivity contribution in [2.45, 2.75) is 52.4 Å². The number of hydrogen-bond acceptors (Lipinski definition) is 4. The van der Waals surface area contributed by atoms with Crippen molar-refractivity contribution in [3.63, 3.8) is 0 Å². The van der Waals surface area contributed by atoms with Gasteiger partial charge >= 0.3 is 0 Å². The van der Waals surface area contributed by atoms with Gasteiger partial charge < -0.3 is 14.4 Å². The van der Waals surface area contributed by atoms with Gasteiger partial charge in [-0.2, -0.15) is 0 Å². The van der Waals surface area contributed by atoms with Gasteiger partial charge in [-0.1, -0.05) is 77.6 Å². The molecular weight excluding hydrogens is 701 g/mol. The number of benzene rings is 3. The van der Waals surface area contributed by atoms with Gasteiger partial charge in [0.1, 0.15) is 11.4 Å². The van der Waals surface area contributed by atoms with E-state index in [2.05, 4.69) is 82.5 Å². The van der Waals surface area contributed by atoms with Gasteiger partial charge in [-0.3, -0.25) is 0 Å². The number of phenolic OH excluding ortho intramolecular Hbond substituents is 1. The van der Waals surface area contributed by atoms with Crippen molar-refractivity contribution in [3.8, 4) is 34.3 Å². The molecule has 3 heterocycles. The molecule has 216 valence electrons. The van der Waals surface area contributed by atoms with Crippen LogP contribution in [0.3, 0.4) is 0 Å². The normalized spacial score (nSPS) is 12.0. The van der Waals surface area contributed by atoms with E-state index in [4.69, 9.17) is 14.7 Å². The Morgan fingerprint density at radius 1 is 0.762 bits per heavy atom. The fraction of sp³-hybridized carbons (Fsp3) is 0.222. The topological polar surface area (TPSA) is 60.2 Å². The van der Waals surface area contributed by atoms with Crippen molar-refractivity contribution in [2.75, 3.05) is 0 Å². The first-order chi connectivity index (χ1) is 19.5. The van der Waals surface area contributed by atoms with E-state index >= 15 is 0 Å². The molecule has 0 saturated heterocycles. The summed E-state index contributed by atoms with van der Waals surface area (Å²) >= 11 is 0. The first-order valence-corrected chi connectivity index (χ1v) is 13.9. The van der Waals surface area contributed by atoms with Gasteiger partial charge in [0.15, 0.2) is 0 Å². The number of phenols is 1. The second kappa shape index (κ2) is 11.0. The molecule has 0 atom stereocenters. The average molecular weight is 736 g/mol. The number of nitrogens with zero attached hydrogens (tertiary/aromatic N) is 3. The molecule has 0 amide bonds. The standard InChI is InChI=1S/C36H34N3O2.Pt/c1-35(2,3)23-16-17-32(40)29(21-23)30-13-9-15-33(38-30)41-26-20-24(36(4,5)6)19-25(22-26)39-31-14-8-7-11-27(31)28-12-10-18-37-34(28)39;/h7-21,40H,1-6H3;/q-1;. The molecule has 0 spiro atoms. The monoisotopic (exact) mass is 735 g/mol. The number of aromatic hydroxyl groups is 1. The first kappa shape index (κ1) is 29.5.